The minimum Gasteiger partial charge on any atom is -0.396 e. The van der Waals surface area contributed by atoms with Crippen LogP contribution in [0.1, 0.15) is 19.3 Å². The van der Waals surface area contributed by atoms with Crippen LogP contribution in [-0.2, 0) is 0 Å². The zero-order valence-corrected chi connectivity index (χ0v) is 6.48. The van der Waals surface area contributed by atoms with Crippen molar-refractivity contribution in [2.75, 3.05) is 13.2 Å². The zero-order chi connectivity index (χ0) is 8.69. The molecule has 0 spiro atoms. The van der Waals surface area contributed by atoms with E-state index in [1.807, 2.05) is 0 Å². The second kappa shape index (κ2) is 6.54. The van der Waals surface area contributed by atoms with Crippen LogP contribution in [0.15, 0.2) is 0 Å². The highest BCUT2D eigenvalue weighted by molar-refractivity contribution is 4.57. The summed E-state index contributed by atoms with van der Waals surface area (Å²) in [6, 6.07) is 0. The molecule has 0 aliphatic heterocycles. The van der Waals surface area contributed by atoms with Crippen molar-refractivity contribution in [3.63, 3.8) is 0 Å². The van der Waals surface area contributed by atoms with Crippen molar-refractivity contribution in [3.05, 3.63) is 0 Å². The fourth-order valence-electron chi connectivity index (χ4n) is 0.894. The minimum absolute atomic E-state index is 0.00667. The maximum Gasteiger partial charge on any atom is 0.151 e. The molecule has 0 heterocycles. The molecule has 11 heavy (non-hydrogen) atoms. The first-order chi connectivity index (χ1) is 5.20. The quantitative estimate of drug-likeness (QED) is 0.382. The minimum atomic E-state index is -1.30. The third-order valence-corrected chi connectivity index (χ3v) is 1.63. The largest absolute Gasteiger partial charge is 0.396 e. The highest BCUT2D eigenvalue weighted by atomic mass is 16.5. The number of aliphatic hydroxyl groups excluding tert-OH is 3. The van der Waals surface area contributed by atoms with Crippen LogP contribution in [-0.4, -0.2) is 39.9 Å². The standard InChI is InChI=1S/C7H16O4/c8-4-3-6(5-9)1-2-7(10)11/h6-11H,1-5H2. The van der Waals surface area contributed by atoms with Gasteiger partial charge in [0, 0.05) is 13.2 Å². The first-order valence-corrected chi connectivity index (χ1v) is 3.78. The van der Waals surface area contributed by atoms with E-state index < -0.39 is 6.29 Å². The predicted octanol–water partition coefficient (Wildman–Crippen LogP) is -0.932. The van der Waals surface area contributed by atoms with Gasteiger partial charge in [-0.15, -0.1) is 0 Å². The van der Waals surface area contributed by atoms with Crippen LogP contribution in [0.4, 0.5) is 0 Å². The molecule has 0 saturated carbocycles. The Labute approximate surface area is 66.1 Å². The van der Waals surface area contributed by atoms with Gasteiger partial charge in [0.1, 0.15) is 0 Å². The van der Waals surface area contributed by atoms with E-state index in [2.05, 4.69) is 0 Å². The van der Waals surface area contributed by atoms with E-state index in [9.17, 15) is 0 Å². The van der Waals surface area contributed by atoms with Gasteiger partial charge in [-0.1, -0.05) is 0 Å². The summed E-state index contributed by atoms with van der Waals surface area (Å²) < 4.78 is 0. The Morgan fingerprint density at radius 3 is 1.91 bits per heavy atom. The highest BCUT2D eigenvalue weighted by Crippen LogP contribution is 2.10. The first-order valence-electron chi connectivity index (χ1n) is 3.78. The molecule has 0 saturated heterocycles. The Morgan fingerprint density at radius 2 is 1.55 bits per heavy atom. The Bertz CT molecular complexity index is 84.5. The Hall–Kier alpha value is -0.160. The van der Waals surface area contributed by atoms with Gasteiger partial charge in [-0.25, -0.2) is 0 Å². The Kier molecular flexibility index (Phi) is 6.45. The molecule has 4 heteroatoms. The lowest BCUT2D eigenvalue weighted by atomic mass is 10.0. The summed E-state index contributed by atoms with van der Waals surface area (Å²) >= 11 is 0. The molecule has 68 valence electrons. The topological polar surface area (TPSA) is 80.9 Å². The number of hydrogen-bond acceptors (Lipinski definition) is 4. The lowest BCUT2D eigenvalue weighted by Crippen LogP contribution is -2.12. The summed E-state index contributed by atoms with van der Waals surface area (Å²) in [7, 11) is 0. The SMILES string of the molecule is OCCC(CO)CCC(O)O. The van der Waals surface area contributed by atoms with Crippen LogP contribution in [0.25, 0.3) is 0 Å². The van der Waals surface area contributed by atoms with Crippen LogP contribution in [0, 0.1) is 5.92 Å². The van der Waals surface area contributed by atoms with Gasteiger partial charge in [-0.3, -0.25) is 0 Å². The van der Waals surface area contributed by atoms with Crippen LogP contribution in [0.2, 0.25) is 0 Å². The second-order valence-electron chi connectivity index (χ2n) is 2.62. The smallest absolute Gasteiger partial charge is 0.151 e. The van der Waals surface area contributed by atoms with Crippen molar-refractivity contribution in [1.29, 1.82) is 0 Å². The normalized spacial score (nSPS) is 13.9. The fourth-order valence-corrected chi connectivity index (χ4v) is 0.894. The molecule has 1 atom stereocenters. The van der Waals surface area contributed by atoms with E-state index >= 15 is 0 Å². The van der Waals surface area contributed by atoms with Crippen molar-refractivity contribution >= 4 is 0 Å². The van der Waals surface area contributed by atoms with Gasteiger partial charge < -0.3 is 20.4 Å². The van der Waals surface area contributed by atoms with E-state index in [4.69, 9.17) is 20.4 Å². The average Bonchev–Trinajstić information content (AvgIpc) is 1.97. The van der Waals surface area contributed by atoms with Crippen molar-refractivity contribution in [3.8, 4) is 0 Å². The maximum absolute atomic E-state index is 8.70. The fraction of sp³-hybridized carbons (Fsp3) is 1.00. The molecule has 1 unspecified atom stereocenters. The molecule has 0 aromatic carbocycles. The van der Waals surface area contributed by atoms with Gasteiger partial charge in [0.15, 0.2) is 6.29 Å². The number of rotatable bonds is 6. The summed E-state index contributed by atoms with van der Waals surface area (Å²) in [5.74, 6) is -0.0122. The van der Waals surface area contributed by atoms with Crippen LogP contribution >= 0.6 is 0 Å². The van der Waals surface area contributed by atoms with Gasteiger partial charge >= 0.3 is 0 Å². The Morgan fingerprint density at radius 1 is 0.909 bits per heavy atom. The predicted molar refractivity (Wildman–Crippen MR) is 39.7 cm³/mol. The van der Waals surface area contributed by atoms with E-state index in [-0.39, 0.29) is 25.6 Å². The number of aliphatic hydroxyl groups is 4. The molecule has 0 aromatic heterocycles. The van der Waals surface area contributed by atoms with Gasteiger partial charge in [-0.2, -0.15) is 0 Å². The molecule has 0 fully saturated rings. The van der Waals surface area contributed by atoms with E-state index in [0.29, 0.717) is 12.8 Å². The molecule has 0 amide bonds. The summed E-state index contributed by atoms with van der Waals surface area (Å²) in [6.07, 6.45) is 0.00569. The maximum atomic E-state index is 8.70. The van der Waals surface area contributed by atoms with Gasteiger partial charge in [-0.05, 0) is 25.2 Å². The lowest BCUT2D eigenvalue weighted by molar-refractivity contribution is -0.0505. The molecule has 0 radical (unpaired) electrons. The summed E-state index contributed by atoms with van der Waals surface area (Å²) in [4.78, 5) is 0. The van der Waals surface area contributed by atoms with Gasteiger partial charge in [0.05, 0.1) is 0 Å². The van der Waals surface area contributed by atoms with Gasteiger partial charge in [0.2, 0.25) is 0 Å². The van der Waals surface area contributed by atoms with Crippen molar-refractivity contribution in [2.24, 2.45) is 5.92 Å². The summed E-state index contributed by atoms with van der Waals surface area (Å²) in [5, 5.41) is 34.1. The van der Waals surface area contributed by atoms with Crippen LogP contribution in [0.3, 0.4) is 0 Å². The monoisotopic (exact) mass is 164 g/mol. The molecule has 4 nitrogen and oxygen atoms in total. The van der Waals surface area contributed by atoms with Gasteiger partial charge in [0.25, 0.3) is 0 Å². The van der Waals surface area contributed by atoms with Crippen LogP contribution in [0.5, 0.6) is 0 Å². The molecule has 0 aromatic rings. The third kappa shape index (κ3) is 6.25. The zero-order valence-electron chi connectivity index (χ0n) is 6.48. The molecule has 0 bridgehead atoms. The summed E-state index contributed by atoms with van der Waals surface area (Å²) in [5.41, 5.74) is 0. The molecule has 0 aliphatic rings. The van der Waals surface area contributed by atoms with E-state index in [0.717, 1.165) is 0 Å². The molecular weight excluding hydrogens is 148 g/mol. The lowest BCUT2D eigenvalue weighted by Gasteiger charge is -2.12. The van der Waals surface area contributed by atoms with Crippen molar-refractivity contribution < 1.29 is 20.4 Å². The average molecular weight is 164 g/mol. The third-order valence-electron chi connectivity index (χ3n) is 1.63. The molecule has 0 aliphatic carbocycles. The molecule has 0 rings (SSSR count). The highest BCUT2D eigenvalue weighted by Gasteiger charge is 2.08. The second-order valence-corrected chi connectivity index (χ2v) is 2.62. The van der Waals surface area contributed by atoms with Crippen molar-refractivity contribution in [2.45, 2.75) is 25.6 Å². The number of hydrogen-bond donors (Lipinski definition) is 4. The van der Waals surface area contributed by atoms with Crippen LogP contribution < -0.4 is 0 Å². The van der Waals surface area contributed by atoms with E-state index in [1.165, 1.54) is 0 Å². The summed E-state index contributed by atoms with van der Waals surface area (Å²) in [6.45, 7) is 0.0278. The molecule has 4 N–H and O–H groups in total. The Balaban J connectivity index is 3.35. The first kappa shape index (κ1) is 10.8. The van der Waals surface area contributed by atoms with Crippen molar-refractivity contribution in [1.82, 2.24) is 0 Å². The van der Waals surface area contributed by atoms with E-state index in [1.54, 1.807) is 0 Å². The molecular formula is C7H16O4.